The molecule has 4 amide bonds. The predicted octanol–water partition coefficient (Wildman–Crippen LogP) is 2.52. The largest absolute Gasteiger partial charge is 0.490 e. The van der Waals surface area contributed by atoms with Gasteiger partial charge in [0.1, 0.15) is 6.04 Å². The SMILES string of the molecule is CCOc1ccccc1OCC(=O)NNC(=O)[C@H](Cc1ccccc1)N1C(=O)c2ccccc2C1=O. The molecule has 0 unspecified atom stereocenters. The van der Waals surface area contributed by atoms with Gasteiger partial charge in [0, 0.05) is 6.42 Å². The molecule has 3 aromatic carbocycles. The van der Waals surface area contributed by atoms with Crippen molar-refractivity contribution in [3.05, 3.63) is 95.6 Å². The van der Waals surface area contributed by atoms with Gasteiger partial charge in [0.25, 0.3) is 23.6 Å². The van der Waals surface area contributed by atoms with Crippen molar-refractivity contribution in [2.45, 2.75) is 19.4 Å². The molecular formula is C27H25N3O6. The van der Waals surface area contributed by atoms with E-state index in [1.165, 1.54) is 0 Å². The van der Waals surface area contributed by atoms with Crippen molar-refractivity contribution in [1.82, 2.24) is 15.8 Å². The lowest BCUT2D eigenvalue weighted by Crippen LogP contribution is -2.55. The Morgan fingerprint density at radius 3 is 1.94 bits per heavy atom. The summed E-state index contributed by atoms with van der Waals surface area (Å²) in [6, 6.07) is 21.1. The maximum atomic E-state index is 13.2. The summed E-state index contributed by atoms with van der Waals surface area (Å²) in [5.74, 6) is -1.59. The molecule has 0 spiro atoms. The number of benzene rings is 3. The predicted molar refractivity (Wildman–Crippen MR) is 130 cm³/mol. The molecule has 1 atom stereocenters. The highest BCUT2D eigenvalue weighted by Gasteiger charge is 2.42. The first-order chi connectivity index (χ1) is 17.5. The van der Waals surface area contributed by atoms with Crippen molar-refractivity contribution in [2.75, 3.05) is 13.2 Å². The molecule has 0 fully saturated rings. The van der Waals surface area contributed by atoms with Gasteiger partial charge in [-0.05, 0) is 36.8 Å². The van der Waals surface area contributed by atoms with Crippen LogP contribution in [0.1, 0.15) is 33.2 Å². The first kappa shape index (κ1) is 24.5. The van der Waals surface area contributed by atoms with Gasteiger partial charge in [-0.2, -0.15) is 0 Å². The number of rotatable bonds is 9. The van der Waals surface area contributed by atoms with Gasteiger partial charge in [-0.3, -0.25) is 34.9 Å². The Bertz CT molecular complexity index is 1240. The maximum absolute atomic E-state index is 13.2. The van der Waals surface area contributed by atoms with Gasteiger partial charge in [0.2, 0.25) is 0 Å². The van der Waals surface area contributed by atoms with Crippen LogP contribution in [0.4, 0.5) is 0 Å². The number of nitrogens with one attached hydrogen (secondary N) is 2. The van der Waals surface area contributed by atoms with Crippen LogP contribution < -0.4 is 20.3 Å². The topological polar surface area (TPSA) is 114 Å². The van der Waals surface area contributed by atoms with E-state index in [9.17, 15) is 19.2 Å². The molecule has 0 saturated carbocycles. The Labute approximate surface area is 208 Å². The Morgan fingerprint density at radius 2 is 1.33 bits per heavy atom. The Morgan fingerprint density at radius 1 is 0.778 bits per heavy atom. The lowest BCUT2D eigenvalue weighted by atomic mass is 10.0. The van der Waals surface area contributed by atoms with Crippen LogP contribution >= 0.6 is 0 Å². The number of ether oxygens (including phenoxy) is 2. The molecule has 3 aromatic rings. The lowest BCUT2D eigenvalue weighted by molar-refractivity contribution is -0.132. The first-order valence-electron chi connectivity index (χ1n) is 11.4. The summed E-state index contributed by atoms with van der Waals surface area (Å²) in [6.07, 6.45) is 0.0756. The van der Waals surface area contributed by atoms with Crippen LogP contribution in [-0.2, 0) is 16.0 Å². The van der Waals surface area contributed by atoms with Gasteiger partial charge < -0.3 is 9.47 Å². The number of hydrogen-bond acceptors (Lipinski definition) is 6. The first-order valence-corrected chi connectivity index (χ1v) is 11.4. The van der Waals surface area contributed by atoms with Gasteiger partial charge >= 0.3 is 0 Å². The normalized spacial score (nSPS) is 13.1. The minimum Gasteiger partial charge on any atom is -0.490 e. The number of para-hydroxylation sites is 2. The van der Waals surface area contributed by atoms with E-state index in [1.54, 1.807) is 72.8 Å². The van der Waals surface area contributed by atoms with Gasteiger partial charge in [-0.15, -0.1) is 0 Å². The second-order valence-electron chi connectivity index (χ2n) is 7.94. The number of nitrogens with zero attached hydrogens (tertiary/aromatic N) is 1. The summed E-state index contributed by atoms with van der Waals surface area (Å²) in [6.45, 7) is 1.88. The van der Waals surface area contributed by atoms with Crippen molar-refractivity contribution in [2.24, 2.45) is 0 Å². The molecule has 1 heterocycles. The standard InChI is InChI=1S/C27H25N3O6/c1-2-35-22-14-8-9-15-23(22)36-17-24(31)28-29-25(32)21(16-18-10-4-3-5-11-18)30-26(33)19-12-6-7-13-20(19)27(30)34/h3-15,21H,2,16-17H2,1H3,(H,28,31)(H,29,32)/t21-/m0/s1. The van der Waals surface area contributed by atoms with Crippen molar-refractivity contribution in [3.63, 3.8) is 0 Å². The van der Waals surface area contributed by atoms with Crippen LogP contribution in [0.3, 0.4) is 0 Å². The minimum absolute atomic E-state index is 0.0756. The van der Waals surface area contributed by atoms with Crippen LogP contribution in [0.15, 0.2) is 78.9 Å². The molecule has 0 bridgehead atoms. The number of carbonyl (C=O) groups is 4. The van der Waals surface area contributed by atoms with E-state index in [0.717, 1.165) is 10.5 Å². The monoisotopic (exact) mass is 487 g/mol. The van der Waals surface area contributed by atoms with E-state index in [-0.39, 0.29) is 24.2 Å². The molecular weight excluding hydrogens is 462 g/mol. The van der Waals surface area contributed by atoms with Crippen LogP contribution in [0.2, 0.25) is 0 Å². The fraction of sp³-hybridized carbons (Fsp3) is 0.185. The summed E-state index contributed by atoms with van der Waals surface area (Å²) in [5, 5.41) is 0. The molecule has 1 aliphatic heterocycles. The van der Waals surface area contributed by atoms with E-state index in [2.05, 4.69) is 10.9 Å². The van der Waals surface area contributed by atoms with E-state index in [0.29, 0.717) is 18.1 Å². The van der Waals surface area contributed by atoms with E-state index in [1.807, 2.05) is 13.0 Å². The van der Waals surface area contributed by atoms with Gasteiger partial charge in [-0.1, -0.05) is 54.6 Å². The number of hydrogen-bond donors (Lipinski definition) is 2. The summed E-state index contributed by atoms with van der Waals surface area (Å²) < 4.78 is 11.0. The average molecular weight is 488 g/mol. The Kier molecular flexibility index (Phi) is 7.60. The zero-order chi connectivity index (χ0) is 25.5. The van der Waals surface area contributed by atoms with E-state index in [4.69, 9.17) is 9.47 Å². The zero-order valence-corrected chi connectivity index (χ0v) is 19.6. The molecule has 184 valence electrons. The summed E-state index contributed by atoms with van der Waals surface area (Å²) in [5.41, 5.74) is 5.84. The van der Waals surface area contributed by atoms with Crippen molar-refractivity contribution in [3.8, 4) is 11.5 Å². The third-order valence-corrected chi connectivity index (χ3v) is 5.54. The number of carbonyl (C=O) groups excluding carboxylic acids is 4. The van der Waals surface area contributed by atoms with Gasteiger partial charge in [0.05, 0.1) is 17.7 Å². The maximum Gasteiger partial charge on any atom is 0.276 e. The second-order valence-corrected chi connectivity index (χ2v) is 7.94. The third-order valence-electron chi connectivity index (χ3n) is 5.54. The molecule has 0 aromatic heterocycles. The molecule has 36 heavy (non-hydrogen) atoms. The fourth-order valence-corrected chi connectivity index (χ4v) is 3.87. The highest BCUT2D eigenvalue weighted by Crippen LogP contribution is 2.27. The minimum atomic E-state index is -1.18. The molecule has 2 N–H and O–H groups in total. The van der Waals surface area contributed by atoms with Crippen molar-refractivity contribution >= 4 is 23.6 Å². The third kappa shape index (κ3) is 5.35. The smallest absolute Gasteiger partial charge is 0.276 e. The molecule has 9 nitrogen and oxygen atoms in total. The van der Waals surface area contributed by atoms with Crippen LogP contribution in [0, 0.1) is 0 Å². The summed E-state index contributed by atoms with van der Waals surface area (Å²) in [4.78, 5) is 52.5. The summed E-state index contributed by atoms with van der Waals surface area (Å²) in [7, 11) is 0. The Hall–Kier alpha value is -4.66. The molecule has 0 aliphatic carbocycles. The van der Waals surface area contributed by atoms with Crippen LogP contribution in [0.25, 0.3) is 0 Å². The van der Waals surface area contributed by atoms with Crippen molar-refractivity contribution in [1.29, 1.82) is 0 Å². The fourth-order valence-electron chi connectivity index (χ4n) is 3.87. The van der Waals surface area contributed by atoms with E-state index >= 15 is 0 Å². The number of fused-ring (bicyclic) bond motifs is 1. The molecule has 0 radical (unpaired) electrons. The van der Waals surface area contributed by atoms with Crippen LogP contribution in [0.5, 0.6) is 11.5 Å². The highest BCUT2D eigenvalue weighted by atomic mass is 16.5. The van der Waals surface area contributed by atoms with Crippen molar-refractivity contribution < 1.29 is 28.7 Å². The molecule has 9 heteroatoms. The summed E-state index contributed by atoms with van der Waals surface area (Å²) >= 11 is 0. The highest BCUT2D eigenvalue weighted by molar-refractivity contribution is 6.22. The van der Waals surface area contributed by atoms with Gasteiger partial charge in [-0.25, -0.2) is 0 Å². The van der Waals surface area contributed by atoms with E-state index < -0.39 is 29.7 Å². The molecule has 1 aliphatic rings. The lowest BCUT2D eigenvalue weighted by Gasteiger charge is -2.25. The number of imide groups is 1. The zero-order valence-electron chi connectivity index (χ0n) is 19.6. The number of hydrazine groups is 1. The Balaban J connectivity index is 1.44. The second kappa shape index (κ2) is 11.2. The van der Waals surface area contributed by atoms with Crippen LogP contribution in [-0.4, -0.2) is 47.8 Å². The number of amides is 4. The van der Waals surface area contributed by atoms with Gasteiger partial charge in [0.15, 0.2) is 18.1 Å². The average Bonchev–Trinajstić information content (AvgIpc) is 3.16. The molecule has 4 rings (SSSR count). The quantitative estimate of drug-likeness (QED) is 0.354. The molecule has 0 saturated heterocycles.